The van der Waals surface area contributed by atoms with Gasteiger partial charge in [0, 0.05) is 12.5 Å². The number of halogens is 1. The van der Waals surface area contributed by atoms with Crippen LogP contribution in [0.5, 0.6) is 11.6 Å². The van der Waals surface area contributed by atoms with E-state index in [1.165, 1.54) is 5.56 Å². The predicted molar refractivity (Wildman–Crippen MR) is 77.1 cm³/mol. The van der Waals surface area contributed by atoms with Crippen LogP contribution >= 0.6 is 11.6 Å². The molecular weight excluding hydrogens is 260 g/mol. The first-order chi connectivity index (χ1) is 9.01. The standard InChI is InChI=1S/C15H17ClN2O/c1-5-13-17-12(16)8-14(18-13)19-15-10(3)7-6-9(2)11(15)4/h6-8H,5H2,1-4H3. The van der Waals surface area contributed by atoms with E-state index in [1.54, 1.807) is 6.07 Å². The molecule has 1 aromatic carbocycles. The van der Waals surface area contributed by atoms with Gasteiger partial charge in [-0.1, -0.05) is 30.7 Å². The highest BCUT2D eigenvalue weighted by Gasteiger charge is 2.10. The number of ether oxygens (including phenoxy) is 1. The second-order valence-electron chi connectivity index (χ2n) is 4.55. The molecule has 2 aromatic rings. The molecular formula is C15H17ClN2O. The smallest absolute Gasteiger partial charge is 0.224 e. The van der Waals surface area contributed by atoms with Crippen LogP contribution in [0.2, 0.25) is 5.15 Å². The molecule has 1 aromatic heterocycles. The lowest BCUT2D eigenvalue weighted by molar-refractivity contribution is 0.451. The molecule has 0 N–H and O–H groups in total. The molecule has 0 aliphatic carbocycles. The molecule has 3 nitrogen and oxygen atoms in total. The summed E-state index contributed by atoms with van der Waals surface area (Å²) in [6.45, 7) is 8.11. The molecule has 2 rings (SSSR count). The van der Waals surface area contributed by atoms with Crippen LogP contribution in [-0.4, -0.2) is 9.97 Å². The lowest BCUT2D eigenvalue weighted by atomic mass is 10.1. The van der Waals surface area contributed by atoms with Crippen LogP contribution in [0.4, 0.5) is 0 Å². The highest BCUT2D eigenvalue weighted by atomic mass is 35.5. The van der Waals surface area contributed by atoms with E-state index in [9.17, 15) is 0 Å². The van der Waals surface area contributed by atoms with Crippen molar-refractivity contribution in [2.45, 2.75) is 34.1 Å². The van der Waals surface area contributed by atoms with Crippen molar-refractivity contribution in [2.75, 3.05) is 0 Å². The molecule has 1 heterocycles. The second kappa shape index (κ2) is 5.57. The average Bonchev–Trinajstić information content (AvgIpc) is 2.38. The Labute approximate surface area is 118 Å². The van der Waals surface area contributed by atoms with Gasteiger partial charge in [0.2, 0.25) is 5.88 Å². The SMILES string of the molecule is CCc1nc(Cl)cc(Oc2c(C)ccc(C)c2C)n1. The number of aromatic nitrogens is 2. The lowest BCUT2D eigenvalue weighted by Gasteiger charge is -2.13. The summed E-state index contributed by atoms with van der Waals surface area (Å²) in [6, 6.07) is 5.77. The van der Waals surface area contributed by atoms with E-state index in [1.807, 2.05) is 26.8 Å². The maximum Gasteiger partial charge on any atom is 0.224 e. The van der Waals surface area contributed by atoms with E-state index >= 15 is 0 Å². The number of hydrogen-bond donors (Lipinski definition) is 0. The summed E-state index contributed by atoms with van der Waals surface area (Å²) in [5, 5.41) is 0.407. The van der Waals surface area contributed by atoms with E-state index < -0.39 is 0 Å². The van der Waals surface area contributed by atoms with Gasteiger partial charge in [-0.15, -0.1) is 0 Å². The van der Waals surface area contributed by atoms with E-state index in [2.05, 4.69) is 23.0 Å². The molecule has 0 amide bonds. The predicted octanol–water partition coefficient (Wildman–Crippen LogP) is 4.41. The Morgan fingerprint density at radius 1 is 1.11 bits per heavy atom. The van der Waals surface area contributed by atoms with Gasteiger partial charge < -0.3 is 4.74 Å². The van der Waals surface area contributed by atoms with Crippen LogP contribution in [0, 0.1) is 20.8 Å². The Morgan fingerprint density at radius 3 is 2.47 bits per heavy atom. The van der Waals surface area contributed by atoms with Crippen molar-refractivity contribution in [1.82, 2.24) is 9.97 Å². The summed E-state index contributed by atoms with van der Waals surface area (Å²) in [7, 11) is 0. The van der Waals surface area contributed by atoms with Gasteiger partial charge in [0.15, 0.2) is 0 Å². The largest absolute Gasteiger partial charge is 0.438 e. The minimum atomic E-state index is 0.407. The van der Waals surface area contributed by atoms with E-state index in [0.29, 0.717) is 16.9 Å². The fourth-order valence-corrected chi connectivity index (χ4v) is 2.03. The average molecular weight is 277 g/mol. The summed E-state index contributed by atoms with van der Waals surface area (Å²) in [6.07, 6.45) is 0.725. The zero-order valence-electron chi connectivity index (χ0n) is 11.6. The molecule has 19 heavy (non-hydrogen) atoms. The highest BCUT2D eigenvalue weighted by Crippen LogP contribution is 2.30. The van der Waals surface area contributed by atoms with E-state index in [0.717, 1.165) is 23.3 Å². The molecule has 0 bridgehead atoms. The first-order valence-electron chi connectivity index (χ1n) is 6.29. The Bertz CT molecular complexity index is 611. The summed E-state index contributed by atoms with van der Waals surface area (Å²) in [4.78, 5) is 8.47. The van der Waals surface area contributed by atoms with Crippen LogP contribution in [0.15, 0.2) is 18.2 Å². The fraction of sp³-hybridized carbons (Fsp3) is 0.333. The molecule has 0 atom stereocenters. The van der Waals surface area contributed by atoms with Crippen LogP contribution < -0.4 is 4.74 Å². The Morgan fingerprint density at radius 2 is 1.79 bits per heavy atom. The zero-order chi connectivity index (χ0) is 14.0. The van der Waals surface area contributed by atoms with Gasteiger partial charge in [-0.3, -0.25) is 0 Å². The van der Waals surface area contributed by atoms with Gasteiger partial charge in [-0.25, -0.2) is 4.98 Å². The maximum absolute atomic E-state index is 5.97. The first-order valence-corrected chi connectivity index (χ1v) is 6.67. The summed E-state index contributed by atoms with van der Waals surface area (Å²) in [5.74, 6) is 2.02. The van der Waals surface area contributed by atoms with E-state index in [4.69, 9.17) is 16.3 Å². The molecule has 0 saturated heterocycles. The quantitative estimate of drug-likeness (QED) is 0.779. The van der Waals surface area contributed by atoms with Crippen LogP contribution in [0.1, 0.15) is 29.4 Å². The van der Waals surface area contributed by atoms with Crippen molar-refractivity contribution < 1.29 is 4.74 Å². The monoisotopic (exact) mass is 276 g/mol. The Kier molecular flexibility index (Phi) is 4.05. The van der Waals surface area contributed by atoms with Crippen molar-refractivity contribution in [3.63, 3.8) is 0 Å². The number of hydrogen-bond acceptors (Lipinski definition) is 3. The van der Waals surface area contributed by atoms with Gasteiger partial charge in [0.1, 0.15) is 16.7 Å². The zero-order valence-corrected chi connectivity index (χ0v) is 12.4. The topological polar surface area (TPSA) is 35.0 Å². The number of rotatable bonds is 3. The minimum Gasteiger partial charge on any atom is -0.438 e. The van der Waals surface area contributed by atoms with Crippen molar-refractivity contribution in [1.29, 1.82) is 0 Å². The summed E-state index contributed by atoms with van der Waals surface area (Å²) >= 11 is 5.97. The van der Waals surface area contributed by atoms with Gasteiger partial charge in [0.25, 0.3) is 0 Å². The maximum atomic E-state index is 5.97. The minimum absolute atomic E-state index is 0.407. The van der Waals surface area contributed by atoms with Crippen LogP contribution in [0.3, 0.4) is 0 Å². The molecule has 0 saturated carbocycles. The number of benzene rings is 1. The van der Waals surface area contributed by atoms with Gasteiger partial charge in [-0.05, 0) is 37.5 Å². The van der Waals surface area contributed by atoms with Crippen LogP contribution in [0.25, 0.3) is 0 Å². The summed E-state index contributed by atoms with van der Waals surface area (Å²) in [5.41, 5.74) is 3.39. The second-order valence-corrected chi connectivity index (χ2v) is 4.94. The fourth-order valence-electron chi connectivity index (χ4n) is 1.84. The first kappa shape index (κ1) is 13.8. The van der Waals surface area contributed by atoms with Gasteiger partial charge in [-0.2, -0.15) is 4.98 Å². The van der Waals surface area contributed by atoms with Gasteiger partial charge >= 0.3 is 0 Å². The van der Waals surface area contributed by atoms with Crippen molar-refractivity contribution in [3.8, 4) is 11.6 Å². The Hall–Kier alpha value is -1.61. The number of aryl methyl sites for hydroxylation is 3. The molecule has 0 aliphatic rings. The third kappa shape index (κ3) is 3.04. The van der Waals surface area contributed by atoms with Gasteiger partial charge in [0.05, 0.1) is 0 Å². The van der Waals surface area contributed by atoms with Crippen molar-refractivity contribution in [2.24, 2.45) is 0 Å². The normalized spacial score (nSPS) is 10.6. The molecule has 0 spiro atoms. The molecule has 0 aliphatic heterocycles. The van der Waals surface area contributed by atoms with E-state index in [-0.39, 0.29) is 0 Å². The molecule has 0 unspecified atom stereocenters. The lowest BCUT2D eigenvalue weighted by Crippen LogP contribution is -1.99. The summed E-state index contributed by atoms with van der Waals surface area (Å²) < 4.78 is 5.91. The molecule has 0 fully saturated rings. The highest BCUT2D eigenvalue weighted by molar-refractivity contribution is 6.29. The third-order valence-electron chi connectivity index (χ3n) is 3.11. The Balaban J connectivity index is 2.41. The van der Waals surface area contributed by atoms with Crippen molar-refractivity contribution >= 4 is 11.6 Å². The molecule has 100 valence electrons. The third-order valence-corrected chi connectivity index (χ3v) is 3.31. The number of nitrogens with zero attached hydrogens (tertiary/aromatic N) is 2. The molecule has 0 radical (unpaired) electrons. The van der Waals surface area contributed by atoms with Crippen LogP contribution in [-0.2, 0) is 6.42 Å². The molecule has 4 heteroatoms. The van der Waals surface area contributed by atoms with Crippen molar-refractivity contribution in [3.05, 3.63) is 45.9 Å².